The van der Waals surface area contributed by atoms with E-state index < -0.39 is 34.1 Å². The molecule has 0 N–H and O–H groups in total. The first-order valence-corrected chi connectivity index (χ1v) is 26.0. The number of carbonyl (C=O) groups is 2. The van der Waals surface area contributed by atoms with Crippen molar-refractivity contribution in [1.82, 2.24) is 20.1 Å². The van der Waals surface area contributed by atoms with Gasteiger partial charge < -0.3 is 18.4 Å². The normalized spacial score (nSPS) is 23.8. The summed E-state index contributed by atoms with van der Waals surface area (Å²) in [4.78, 5) is 38.3. The van der Waals surface area contributed by atoms with Gasteiger partial charge in [0.05, 0.1) is 17.9 Å². The van der Waals surface area contributed by atoms with E-state index in [4.69, 9.17) is 18.4 Å². The first-order chi connectivity index (χ1) is 24.8. The lowest BCUT2D eigenvalue weighted by molar-refractivity contribution is -0.164. The summed E-state index contributed by atoms with van der Waals surface area (Å²) in [5, 5.41) is 8.05. The molecule has 0 spiro atoms. The average Bonchev–Trinajstić information content (AvgIpc) is 3.45. The monoisotopic (exact) mass is 782 g/mol. The molecule has 0 bridgehead atoms. The van der Waals surface area contributed by atoms with Crippen LogP contribution in [-0.4, -0.2) is 67.0 Å². The zero-order valence-electron chi connectivity index (χ0n) is 36.0. The summed E-state index contributed by atoms with van der Waals surface area (Å²) in [5.41, 5.74) is 1.68. The van der Waals surface area contributed by atoms with E-state index in [9.17, 15) is 9.59 Å². The molecule has 0 aliphatic heterocycles. The van der Waals surface area contributed by atoms with Gasteiger partial charge in [0.15, 0.2) is 16.6 Å². The average molecular weight is 783 g/mol. The number of fused-ring (bicyclic) bond motifs is 2. The van der Waals surface area contributed by atoms with Gasteiger partial charge in [-0.1, -0.05) is 80.5 Å². The van der Waals surface area contributed by atoms with Crippen molar-refractivity contribution in [2.75, 3.05) is 0 Å². The molecule has 7 unspecified atom stereocenters. The highest BCUT2D eigenvalue weighted by Crippen LogP contribution is 2.47. The number of allylic oxidation sites excluding steroid dienone is 3. The lowest BCUT2D eigenvalue weighted by Gasteiger charge is -2.45. The van der Waals surface area contributed by atoms with Crippen LogP contribution in [0, 0.1) is 29.1 Å². The summed E-state index contributed by atoms with van der Waals surface area (Å²) < 4.78 is 20.8. The first-order valence-electron chi connectivity index (χ1n) is 20.2. The predicted octanol–water partition coefficient (Wildman–Crippen LogP) is 9.88. The Morgan fingerprint density at radius 3 is 2.20 bits per heavy atom. The second-order valence-electron chi connectivity index (χ2n) is 19.8. The van der Waals surface area contributed by atoms with Gasteiger partial charge in [0.1, 0.15) is 11.6 Å². The Bertz CT molecular complexity index is 1670. The van der Waals surface area contributed by atoms with E-state index in [1.54, 1.807) is 18.3 Å². The Labute approximate surface area is 327 Å². The highest BCUT2D eigenvalue weighted by atomic mass is 28.4. The molecule has 2 aliphatic rings. The second kappa shape index (κ2) is 16.8. The van der Waals surface area contributed by atoms with E-state index in [0.717, 1.165) is 30.5 Å². The number of carbonyl (C=O) groups excluding carboxylic acids is 2. The van der Waals surface area contributed by atoms with Crippen molar-refractivity contribution in [1.29, 1.82) is 0 Å². The van der Waals surface area contributed by atoms with Crippen LogP contribution in [0.15, 0.2) is 42.1 Å². The number of pyridine rings is 1. The van der Waals surface area contributed by atoms with Crippen LogP contribution in [-0.2, 0) is 23.2 Å². The summed E-state index contributed by atoms with van der Waals surface area (Å²) in [6.07, 6.45) is 11.6. The van der Waals surface area contributed by atoms with Gasteiger partial charge in [-0.3, -0.25) is 4.79 Å². The van der Waals surface area contributed by atoms with Crippen LogP contribution in [0.3, 0.4) is 0 Å². The third-order valence-electron chi connectivity index (χ3n) is 12.9. The molecule has 54 heavy (non-hydrogen) atoms. The Hall–Kier alpha value is -2.68. The molecule has 0 aromatic carbocycles. The van der Waals surface area contributed by atoms with Gasteiger partial charge in [-0.25, -0.2) is 9.78 Å². The highest BCUT2D eigenvalue weighted by molar-refractivity contribution is 6.74. The smallest absolute Gasteiger partial charge is 0.337 e. The van der Waals surface area contributed by atoms with E-state index in [0.29, 0.717) is 29.4 Å². The molecule has 2 aliphatic carbocycles. The van der Waals surface area contributed by atoms with Crippen LogP contribution in [0.5, 0.6) is 0 Å². The van der Waals surface area contributed by atoms with Gasteiger partial charge in [-0.15, -0.1) is 5.10 Å². The second-order valence-corrected chi connectivity index (χ2v) is 29.3. The van der Waals surface area contributed by atoms with Crippen molar-refractivity contribution >= 4 is 39.7 Å². The largest absolute Gasteiger partial charge is 0.461 e. The summed E-state index contributed by atoms with van der Waals surface area (Å²) in [5.74, 6) is 0.433. The highest BCUT2D eigenvalue weighted by Gasteiger charge is 2.45. The zero-order valence-corrected chi connectivity index (χ0v) is 38.0. The molecule has 0 amide bonds. The van der Waals surface area contributed by atoms with Crippen LogP contribution in [0.4, 0.5) is 0 Å². The molecule has 0 saturated carbocycles. The first kappa shape index (κ1) is 44.0. The Balaban J connectivity index is 1.64. The van der Waals surface area contributed by atoms with Gasteiger partial charge in [0.25, 0.3) is 0 Å². The molecule has 302 valence electrons. The van der Waals surface area contributed by atoms with Gasteiger partial charge in [0, 0.05) is 18.2 Å². The van der Waals surface area contributed by atoms with E-state index in [1.807, 2.05) is 20.8 Å². The Morgan fingerprint density at radius 2 is 1.59 bits per heavy atom. The molecule has 12 heteroatoms. The number of ether oxygens (including phenoxy) is 1. The van der Waals surface area contributed by atoms with Crippen LogP contribution >= 0.6 is 0 Å². The standard InChI is InChI=1S/C42H70N4O6Si2/c1-16-42(10,11)39(48)49-35-25-28(2)24-30-20-19-29(3)33(37(30)35)22-21-31(51-53(12,13)40(4,5)6)26-32(52-54(14,15)41(7,8)9)27-36(47)50-46-38-34(44-45-46)18-17-23-43-38/h17-20,23-24,28-29,31-33,35,37H,16,21-22,25-27H2,1-15H3. The molecule has 2 aromatic rings. The van der Waals surface area contributed by atoms with Crippen LogP contribution < -0.4 is 4.84 Å². The molecule has 0 radical (unpaired) electrons. The topological polar surface area (TPSA) is 115 Å². The van der Waals surface area contributed by atoms with Gasteiger partial charge in [-0.05, 0) is 128 Å². The molecule has 10 nitrogen and oxygen atoms in total. The van der Waals surface area contributed by atoms with E-state index in [-0.39, 0.29) is 46.5 Å². The van der Waals surface area contributed by atoms with Crippen molar-refractivity contribution in [2.24, 2.45) is 29.1 Å². The van der Waals surface area contributed by atoms with Crippen molar-refractivity contribution in [3.8, 4) is 0 Å². The SMILES string of the molecule is CCC(C)(C)C(=O)OC1CC(C)C=C2C=CC(C)C(CCC(CC(CC(=O)On3nnc4cccnc43)O[Si](C)(C)C(C)(C)C)O[Si](C)(C)C(C)(C)C)C21. The number of nitrogens with zero attached hydrogens (tertiary/aromatic N) is 4. The summed E-state index contributed by atoms with van der Waals surface area (Å²) in [7, 11) is -4.57. The van der Waals surface area contributed by atoms with Gasteiger partial charge in [-0.2, -0.15) is 0 Å². The summed E-state index contributed by atoms with van der Waals surface area (Å²) >= 11 is 0. The van der Waals surface area contributed by atoms with Gasteiger partial charge >= 0.3 is 11.9 Å². The van der Waals surface area contributed by atoms with Crippen LogP contribution in [0.1, 0.15) is 115 Å². The Morgan fingerprint density at radius 1 is 0.963 bits per heavy atom. The molecule has 7 atom stereocenters. The maximum atomic E-state index is 13.7. The fourth-order valence-corrected chi connectivity index (χ4v) is 9.81. The minimum absolute atomic E-state index is 0.0111. The number of esters is 1. The summed E-state index contributed by atoms with van der Waals surface area (Å²) in [6, 6.07) is 3.55. The number of hydrogen-bond donors (Lipinski definition) is 0. The molecule has 2 heterocycles. The minimum Gasteiger partial charge on any atom is -0.461 e. The third-order valence-corrected chi connectivity index (χ3v) is 22.0. The predicted molar refractivity (Wildman–Crippen MR) is 221 cm³/mol. The van der Waals surface area contributed by atoms with Crippen molar-refractivity contribution in [3.63, 3.8) is 0 Å². The van der Waals surface area contributed by atoms with E-state index in [2.05, 4.69) is 115 Å². The minimum atomic E-state index is -2.32. The molecular formula is C42H70N4O6Si2. The lowest BCUT2D eigenvalue weighted by Crippen LogP contribution is -2.48. The molecule has 4 rings (SSSR count). The van der Waals surface area contributed by atoms with Crippen molar-refractivity contribution in [3.05, 3.63) is 42.1 Å². The van der Waals surface area contributed by atoms with Crippen molar-refractivity contribution in [2.45, 2.75) is 169 Å². The van der Waals surface area contributed by atoms with Crippen LogP contribution in [0.25, 0.3) is 11.2 Å². The lowest BCUT2D eigenvalue weighted by atomic mass is 9.65. The van der Waals surface area contributed by atoms with E-state index >= 15 is 0 Å². The number of aromatic nitrogens is 4. The number of rotatable bonds is 15. The van der Waals surface area contributed by atoms with Crippen LogP contribution in [0.2, 0.25) is 36.3 Å². The fraction of sp³-hybridized carbons (Fsp3) is 0.738. The van der Waals surface area contributed by atoms with E-state index in [1.165, 1.54) is 5.57 Å². The van der Waals surface area contributed by atoms with Crippen molar-refractivity contribution < 1.29 is 28.0 Å². The Kier molecular flexibility index (Phi) is 13.7. The molecule has 2 aromatic heterocycles. The fourth-order valence-electron chi connectivity index (χ4n) is 7.05. The molecule has 0 saturated heterocycles. The molecular weight excluding hydrogens is 713 g/mol. The quantitative estimate of drug-likeness (QED) is 0.0990. The zero-order chi connectivity index (χ0) is 40.4. The maximum Gasteiger partial charge on any atom is 0.337 e. The van der Waals surface area contributed by atoms with Gasteiger partial charge in [0.2, 0.25) is 5.65 Å². The number of hydrogen-bond acceptors (Lipinski definition) is 9. The summed E-state index contributed by atoms with van der Waals surface area (Å²) in [6.45, 7) is 33.0. The third kappa shape index (κ3) is 10.6. The maximum absolute atomic E-state index is 13.7. The molecule has 0 fully saturated rings.